The number of fused-ring (bicyclic) bond motifs is 2. The maximum absolute atomic E-state index is 11.9. The van der Waals surface area contributed by atoms with E-state index in [4.69, 9.17) is 4.42 Å². The van der Waals surface area contributed by atoms with Crippen molar-refractivity contribution in [1.29, 1.82) is 0 Å². The number of rotatable bonds is 1. The minimum Gasteiger partial charge on any atom is -0.453 e. The van der Waals surface area contributed by atoms with Gasteiger partial charge in [-0.25, -0.2) is 4.98 Å². The monoisotopic (exact) mass is 268 g/mol. The molecule has 0 aliphatic heterocycles. The third-order valence-electron chi connectivity index (χ3n) is 2.97. The van der Waals surface area contributed by atoms with Crippen molar-refractivity contribution in [3.8, 4) is 11.6 Å². The predicted octanol–water partition coefficient (Wildman–Crippen LogP) is 3.40. The van der Waals surface area contributed by atoms with E-state index in [-0.39, 0.29) is 5.56 Å². The molecule has 4 rings (SSSR count). The fourth-order valence-corrected chi connectivity index (χ4v) is 2.81. The van der Waals surface area contributed by atoms with Crippen molar-refractivity contribution in [3.63, 3.8) is 0 Å². The molecule has 5 heteroatoms. The third-order valence-corrected chi connectivity index (χ3v) is 3.88. The van der Waals surface area contributed by atoms with E-state index in [2.05, 4.69) is 9.97 Å². The topological polar surface area (TPSA) is 58.9 Å². The van der Waals surface area contributed by atoms with Crippen LogP contribution in [0.4, 0.5) is 0 Å². The standard InChI is InChI=1S/C14H8N2O2S/c17-14-12-9(5-6-19-12)15-13(16-14)11-7-8-3-1-2-4-10(8)18-11/h1-7H,(H,15,16,17). The van der Waals surface area contributed by atoms with Gasteiger partial charge in [-0.05, 0) is 23.6 Å². The number of aromatic nitrogens is 2. The number of nitrogens with one attached hydrogen (secondary N) is 1. The zero-order valence-corrected chi connectivity index (χ0v) is 10.5. The van der Waals surface area contributed by atoms with E-state index in [1.807, 2.05) is 41.8 Å². The molecule has 1 N–H and O–H groups in total. The minimum atomic E-state index is -0.129. The summed E-state index contributed by atoms with van der Waals surface area (Å²) < 4.78 is 6.34. The number of furan rings is 1. The Hall–Kier alpha value is -2.40. The number of para-hydroxylation sites is 1. The van der Waals surface area contributed by atoms with E-state index in [1.165, 1.54) is 11.3 Å². The molecule has 3 aromatic heterocycles. The summed E-state index contributed by atoms with van der Waals surface area (Å²) in [6.07, 6.45) is 0. The maximum Gasteiger partial charge on any atom is 0.269 e. The highest BCUT2D eigenvalue weighted by molar-refractivity contribution is 7.17. The van der Waals surface area contributed by atoms with Crippen molar-refractivity contribution >= 4 is 32.5 Å². The molecule has 0 bridgehead atoms. The Labute approximate surface area is 111 Å². The van der Waals surface area contributed by atoms with E-state index in [9.17, 15) is 4.79 Å². The molecule has 0 radical (unpaired) electrons. The van der Waals surface area contributed by atoms with Crippen LogP contribution in [0.1, 0.15) is 0 Å². The smallest absolute Gasteiger partial charge is 0.269 e. The number of thiophene rings is 1. The molecule has 0 atom stereocenters. The zero-order valence-electron chi connectivity index (χ0n) is 9.71. The molecule has 4 nitrogen and oxygen atoms in total. The number of H-pyrrole nitrogens is 1. The minimum absolute atomic E-state index is 0.129. The zero-order chi connectivity index (χ0) is 12.8. The van der Waals surface area contributed by atoms with Crippen molar-refractivity contribution in [3.05, 3.63) is 52.1 Å². The number of hydrogen-bond donors (Lipinski definition) is 1. The average Bonchev–Trinajstić information content (AvgIpc) is 3.04. The Balaban J connectivity index is 2.00. The maximum atomic E-state index is 11.9. The molecule has 1 aromatic carbocycles. The number of aromatic amines is 1. The summed E-state index contributed by atoms with van der Waals surface area (Å²) >= 11 is 1.39. The fraction of sp³-hybridized carbons (Fsp3) is 0. The summed E-state index contributed by atoms with van der Waals surface area (Å²) in [5.41, 5.74) is 1.35. The lowest BCUT2D eigenvalue weighted by Crippen LogP contribution is -2.07. The first-order valence-electron chi connectivity index (χ1n) is 5.78. The predicted molar refractivity (Wildman–Crippen MR) is 75.4 cm³/mol. The molecule has 92 valence electrons. The second-order valence-electron chi connectivity index (χ2n) is 4.20. The van der Waals surface area contributed by atoms with Crippen molar-refractivity contribution < 1.29 is 4.42 Å². The van der Waals surface area contributed by atoms with Gasteiger partial charge in [0, 0.05) is 5.39 Å². The largest absolute Gasteiger partial charge is 0.453 e. The summed E-state index contributed by atoms with van der Waals surface area (Å²) in [4.78, 5) is 19.1. The van der Waals surface area contributed by atoms with Gasteiger partial charge in [-0.15, -0.1) is 11.3 Å². The van der Waals surface area contributed by atoms with Crippen molar-refractivity contribution in [2.75, 3.05) is 0 Å². The molecule has 0 saturated heterocycles. The van der Waals surface area contributed by atoms with Gasteiger partial charge >= 0.3 is 0 Å². The second kappa shape index (κ2) is 3.80. The van der Waals surface area contributed by atoms with E-state index < -0.39 is 0 Å². The number of hydrogen-bond acceptors (Lipinski definition) is 4. The lowest BCUT2D eigenvalue weighted by molar-refractivity contribution is 0.625. The van der Waals surface area contributed by atoms with E-state index in [0.29, 0.717) is 21.8 Å². The highest BCUT2D eigenvalue weighted by Crippen LogP contribution is 2.26. The van der Waals surface area contributed by atoms with Gasteiger partial charge in [0.25, 0.3) is 5.56 Å². The average molecular weight is 268 g/mol. The van der Waals surface area contributed by atoms with Crippen molar-refractivity contribution in [1.82, 2.24) is 9.97 Å². The Morgan fingerprint density at radius 2 is 2.11 bits per heavy atom. The molecule has 0 amide bonds. The van der Waals surface area contributed by atoms with Gasteiger partial charge in [0.2, 0.25) is 0 Å². The van der Waals surface area contributed by atoms with Crippen LogP contribution in [0, 0.1) is 0 Å². The normalized spacial score (nSPS) is 11.4. The molecular formula is C14H8N2O2S. The van der Waals surface area contributed by atoms with Gasteiger partial charge in [0.05, 0.1) is 5.52 Å². The van der Waals surface area contributed by atoms with Crippen LogP contribution in [-0.2, 0) is 0 Å². The van der Waals surface area contributed by atoms with E-state index in [0.717, 1.165) is 11.0 Å². The van der Waals surface area contributed by atoms with Gasteiger partial charge < -0.3 is 9.40 Å². The molecule has 4 aromatic rings. The quantitative estimate of drug-likeness (QED) is 0.575. The van der Waals surface area contributed by atoms with Gasteiger partial charge in [0.1, 0.15) is 10.3 Å². The molecular weight excluding hydrogens is 260 g/mol. The van der Waals surface area contributed by atoms with Gasteiger partial charge in [-0.3, -0.25) is 4.79 Å². The van der Waals surface area contributed by atoms with E-state index >= 15 is 0 Å². The Morgan fingerprint density at radius 1 is 1.21 bits per heavy atom. The Bertz CT molecular complexity index is 916. The highest BCUT2D eigenvalue weighted by Gasteiger charge is 2.11. The van der Waals surface area contributed by atoms with Gasteiger partial charge in [-0.1, -0.05) is 18.2 Å². The highest BCUT2D eigenvalue weighted by atomic mass is 32.1. The van der Waals surface area contributed by atoms with Crippen LogP contribution in [0.5, 0.6) is 0 Å². The third kappa shape index (κ3) is 1.59. The first-order chi connectivity index (χ1) is 9.31. The van der Waals surface area contributed by atoms with Crippen molar-refractivity contribution in [2.45, 2.75) is 0 Å². The summed E-state index contributed by atoms with van der Waals surface area (Å²) in [6, 6.07) is 11.4. The molecule has 0 aliphatic rings. The second-order valence-corrected chi connectivity index (χ2v) is 5.11. The molecule has 19 heavy (non-hydrogen) atoms. The molecule has 0 spiro atoms. The first-order valence-corrected chi connectivity index (χ1v) is 6.66. The molecule has 0 fully saturated rings. The van der Waals surface area contributed by atoms with E-state index in [1.54, 1.807) is 0 Å². The Kier molecular flexibility index (Phi) is 2.10. The van der Waals surface area contributed by atoms with Crippen LogP contribution in [0.3, 0.4) is 0 Å². The lowest BCUT2D eigenvalue weighted by Gasteiger charge is -1.95. The summed E-state index contributed by atoms with van der Waals surface area (Å²) in [7, 11) is 0. The summed E-state index contributed by atoms with van der Waals surface area (Å²) in [5.74, 6) is 1.04. The Morgan fingerprint density at radius 3 is 3.00 bits per heavy atom. The fourth-order valence-electron chi connectivity index (χ4n) is 2.09. The van der Waals surface area contributed by atoms with Crippen LogP contribution >= 0.6 is 11.3 Å². The van der Waals surface area contributed by atoms with Crippen LogP contribution in [-0.4, -0.2) is 9.97 Å². The molecule has 0 unspecified atom stereocenters. The molecule has 0 aliphatic carbocycles. The molecule has 0 saturated carbocycles. The SMILES string of the molecule is O=c1[nH]c(-c2cc3ccccc3o2)nc2ccsc12. The number of benzene rings is 1. The first kappa shape index (κ1) is 10.5. The van der Waals surface area contributed by atoms with Crippen LogP contribution in [0.25, 0.3) is 32.8 Å². The summed E-state index contributed by atoms with van der Waals surface area (Å²) in [5, 5.41) is 2.85. The van der Waals surface area contributed by atoms with Gasteiger partial charge in [0.15, 0.2) is 11.6 Å². The van der Waals surface area contributed by atoms with Gasteiger partial charge in [-0.2, -0.15) is 0 Å². The van der Waals surface area contributed by atoms with Crippen LogP contribution < -0.4 is 5.56 Å². The van der Waals surface area contributed by atoms with Crippen molar-refractivity contribution in [2.24, 2.45) is 0 Å². The lowest BCUT2D eigenvalue weighted by atomic mass is 10.2. The van der Waals surface area contributed by atoms with Crippen LogP contribution in [0.2, 0.25) is 0 Å². The van der Waals surface area contributed by atoms with Crippen LogP contribution in [0.15, 0.2) is 51.0 Å². The summed E-state index contributed by atoms with van der Waals surface area (Å²) in [6.45, 7) is 0. The molecule has 3 heterocycles. The number of nitrogens with zero attached hydrogens (tertiary/aromatic N) is 1.